The predicted octanol–water partition coefficient (Wildman–Crippen LogP) is 1.65. The molecule has 0 saturated carbocycles. The summed E-state index contributed by atoms with van der Waals surface area (Å²) in [5.41, 5.74) is 2.70. The standard InChI is InChI=1S/C18H23NO5/c20-17(19-7-8-23-16(11-19)10-18(21)22)12-24-15-6-5-13-3-1-2-4-14(13)9-15/h5-6,9,16H,1-4,7-8,10-12H2,(H,21,22). The maximum Gasteiger partial charge on any atom is 0.306 e. The molecule has 1 aliphatic carbocycles. The largest absolute Gasteiger partial charge is 0.484 e. The normalized spacial score (nSPS) is 20.3. The maximum absolute atomic E-state index is 12.3. The lowest BCUT2D eigenvalue weighted by atomic mass is 9.92. The van der Waals surface area contributed by atoms with Crippen LogP contribution >= 0.6 is 0 Å². The SMILES string of the molecule is O=C(O)CC1CN(C(=O)COc2ccc3c(c2)CCCC3)CCO1. The third kappa shape index (κ3) is 4.26. The zero-order chi connectivity index (χ0) is 16.9. The highest BCUT2D eigenvalue weighted by atomic mass is 16.5. The van der Waals surface area contributed by atoms with Crippen LogP contribution in [0.2, 0.25) is 0 Å². The molecular formula is C18H23NO5. The van der Waals surface area contributed by atoms with Crippen molar-refractivity contribution in [3.05, 3.63) is 29.3 Å². The van der Waals surface area contributed by atoms with E-state index in [1.807, 2.05) is 12.1 Å². The van der Waals surface area contributed by atoms with Gasteiger partial charge in [-0.05, 0) is 48.9 Å². The van der Waals surface area contributed by atoms with Crippen LogP contribution in [0.25, 0.3) is 0 Å². The molecule has 2 aliphatic rings. The average Bonchev–Trinajstić information content (AvgIpc) is 2.59. The molecule has 1 saturated heterocycles. The van der Waals surface area contributed by atoms with Gasteiger partial charge in [-0.2, -0.15) is 0 Å². The van der Waals surface area contributed by atoms with Crippen LogP contribution in [0.4, 0.5) is 0 Å². The van der Waals surface area contributed by atoms with E-state index in [9.17, 15) is 9.59 Å². The van der Waals surface area contributed by atoms with E-state index in [0.29, 0.717) is 19.7 Å². The van der Waals surface area contributed by atoms with Gasteiger partial charge >= 0.3 is 5.97 Å². The fourth-order valence-corrected chi connectivity index (χ4v) is 3.30. The van der Waals surface area contributed by atoms with Crippen molar-refractivity contribution in [3.8, 4) is 5.75 Å². The third-order valence-corrected chi connectivity index (χ3v) is 4.58. The number of benzene rings is 1. The van der Waals surface area contributed by atoms with E-state index >= 15 is 0 Å². The zero-order valence-corrected chi connectivity index (χ0v) is 13.7. The molecule has 1 heterocycles. The highest BCUT2D eigenvalue weighted by Gasteiger charge is 2.26. The summed E-state index contributed by atoms with van der Waals surface area (Å²) in [4.78, 5) is 24.7. The molecule has 130 valence electrons. The smallest absolute Gasteiger partial charge is 0.306 e. The molecule has 6 nitrogen and oxygen atoms in total. The van der Waals surface area contributed by atoms with Gasteiger partial charge in [0.05, 0.1) is 19.1 Å². The van der Waals surface area contributed by atoms with Crippen LogP contribution < -0.4 is 4.74 Å². The zero-order valence-electron chi connectivity index (χ0n) is 13.7. The third-order valence-electron chi connectivity index (χ3n) is 4.58. The number of amides is 1. The van der Waals surface area contributed by atoms with Gasteiger partial charge in [-0.1, -0.05) is 6.07 Å². The van der Waals surface area contributed by atoms with E-state index in [4.69, 9.17) is 14.6 Å². The van der Waals surface area contributed by atoms with Gasteiger partial charge in [0.1, 0.15) is 5.75 Å². The summed E-state index contributed by atoms with van der Waals surface area (Å²) in [6, 6.07) is 6.05. The molecule has 1 atom stereocenters. The second kappa shape index (κ2) is 7.66. The number of ether oxygens (including phenoxy) is 2. The minimum absolute atomic E-state index is 0.0292. The summed E-state index contributed by atoms with van der Waals surface area (Å²) >= 11 is 0. The Morgan fingerprint density at radius 2 is 2.04 bits per heavy atom. The summed E-state index contributed by atoms with van der Waals surface area (Å²) in [5.74, 6) is -0.328. The minimum Gasteiger partial charge on any atom is -0.484 e. The van der Waals surface area contributed by atoms with Crippen LogP contribution in [0.5, 0.6) is 5.75 Å². The Hall–Kier alpha value is -2.08. The number of fused-ring (bicyclic) bond motifs is 1. The number of carbonyl (C=O) groups excluding carboxylic acids is 1. The van der Waals surface area contributed by atoms with Crippen LogP contribution in [0.1, 0.15) is 30.4 Å². The molecule has 1 aromatic rings. The topological polar surface area (TPSA) is 76.1 Å². The Labute approximate surface area is 141 Å². The number of carboxylic acid groups (broad SMARTS) is 1. The number of carbonyl (C=O) groups is 2. The summed E-state index contributed by atoms with van der Waals surface area (Å²) in [7, 11) is 0. The van der Waals surface area contributed by atoms with E-state index in [2.05, 4.69) is 6.07 Å². The molecule has 0 spiro atoms. The Morgan fingerprint density at radius 3 is 2.83 bits per heavy atom. The van der Waals surface area contributed by atoms with Crippen molar-refractivity contribution in [2.24, 2.45) is 0 Å². The summed E-state index contributed by atoms with van der Waals surface area (Å²) in [6.45, 7) is 1.11. The molecule has 3 rings (SSSR count). The molecule has 1 unspecified atom stereocenters. The van der Waals surface area contributed by atoms with Crippen molar-refractivity contribution in [2.75, 3.05) is 26.3 Å². The fourth-order valence-electron chi connectivity index (χ4n) is 3.30. The Bertz CT molecular complexity index is 615. The Balaban J connectivity index is 1.52. The first kappa shape index (κ1) is 16.8. The summed E-state index contributed by atoms with van der Waals surface area (Å²) in [5, 5.41) is 8.83. The Morgan fingerprint density at radius 1 is 1.25 bits per heavy atom. The van der Waals surface area contributed by atoms with Crippen molar-refractivity contribution < 1.29 is 24.2 Å². The van der Waals surface area contributed by atoms with Gasteiger partial charge in [0.2, 0.25) is 0 Å². The molecule has 6 heteroatoms. The van der Waals surface area contributed by atoms with Crippen LogP contribution in [-0.2, 0) is 27.2 Å². The van der Waals surface area contributed by atoms with Gasteiger partial charge in [-0.15, -0.1) is 0 Å². The van der Waals surface area contributed by atoms with Gasteiger partial charge in [-0.3, -0.25) is 9.59 Å². The quantitative estimate of drug-likeness (QED) is 0.887. The minimum atomic E-state index is -0.917. The molecule has 1 amide bonds. The molecule has 1 aromatic carbocycles. The number of aliphatic carboxylic acids is 1. The van der Waals surface area contributed by atoms with Crippen molar-refractivity contribution in [2.45, 2.75) is 38.2 Å². The lowest BCUT2D eigenvalue weighted by Crippen LogP contribution is -2.47. The van der Waals surface area contributed by atoms with Crippen LogP contribution in [0.3, 0.4) is 0 Å². The number of hydrogen-bond acceptors (Lipinski definition) is 4. The van der Waals surface area contributed by atoms with Gasteiger partial charge in [0, 0.05) is 13.1 Å². The van der Waals surface area contributed by atoms with Crippen LogP contribution in [0.15, 0.2) is 18.2 Å². The number of aryl methyl sites for hydroxylation is 2. The van der Waals surface area contributed by atoms with E-state index < -0.39 is 12.1 Å². The average molecular weight is 333 g/mol. The van der Waals surface area contributed by atoms with Crippen molar-refractivity contribution in [1.82, 2.24) is 4.90 Å². The lowest BCUT2D eigenvalue weighted by molar-refractivity contribution is -0.148. The molecule has 1 N–H and O–H groups in total. The fraction of sp³-hybridized carbons (Fsp3) is 0.556. The van der Waals surface area contributed by atoms with E-state index in [1.165, 1.54) is 24.0 Å². The second-order valence-corrected chi connectivity index (χ2v) is 6.36. The highest BCUT2D eigenvalue weighted by Crippen LogP contribution is 2.25. The van der Waals surface area contributed by atoms with E-state index in [-0.39, 0.29) is 18.9 Å². The molecule has 0 bridgehead atoms. The van der Waals surface area contributed by atoms with Crippen molar-refractivity contribution in [3.63, 3.8) is 0 Å². The number of nitrogens with zero attached hydrogens (tertiary/aromatic N) is 1. The van der Waals surface area contributed by atoms with Crippen molar-refractivity contribution in [1.29, 1.82) is 0 Å². The number of morpholine rings is 1. The number of carboxylic acids is 1. The second-order valence-electron chi connectivity index (χ2n) is 6.36. The van der Waals surface area contributed by atoms with Crippen LogP contribution in [-0.4, -0.2) is 54.3 Å². The molecule has 0 radical (unpaired) electrons. The number of hydrogen-bond donors (Lipinski definition) is 1. The van der Waals surface area contributed by atoms with E-state index in [1.54, 1.807) is 4.90 Å². The van der Waals surface area contributed by atoms with Crippen molar-refractivity contribution >= 4 is 11.9 Å². The number of rotatable bonds is 5. The van der Waals surface area contributed by atoms with Gasteiger partial charge in [-0.25, -0.2) is 0 Å². The molecule has 1 fully saturated rings. The first-order valence-corrected chi connectivity index (χ1v) is 8.47. The van der Waals surface area contributed by atoms with Crippen LogP contribution in [0, 0.1) is 0 Å². The summed E-state index contributed by atoms with van der Waals surface area (Å²) in [6.07, 6.45) is 4.10. The monoisotopic (exact) mass is 333 g/mol. The summed E-state index contributed by atoms with van der Waals surface area (Å²) < 4.78 is 11.0. The highest BCUT2D eigenvalue weighted by molar-refractivity contribution is 5.78. The first-order chi connectivity index (χ1) is 11.6. The Kier molecular flexibility index (Phi) is 5.35. The van der Waals surface area contributed by atoms with Gasteiger partial charge < -0.3 is 19.5 Å². The molecule has 1 aliphatic heterocycles. The first-order valence-electron chi connectivity index (χ1n) is 8.47. The predicted molar refractivity (Wildman–Crippen MR) is 87.2 cm³/mol. The van der Waals surface area contributed by atoms with E-state index in [0.717, 1.165) is 18.6 Å². The van der Waals surface area contributed by atoms with Gasteiger partial charge in [0.25, 0.3) is 5.91 Å². The van der Waals surface area contributed by atoms with Gasteiger partial charge in [0.15, 0.2) is 6.61 Å². The molecular weight excluding hydrogens is 310 g/mol. The molecule has 0 aromatic heterocycles. The lowest BCUT2D eigenvalue weighted by Gasteiger charge is -2.32. The maximum atomic E-state index is 12.3. The molecule has 24 heavy (non-hydrogen) atoms.